The lowest BCUT2D eigenvalue weighted by Crippen LogP contribution is -2.32. The number of benzene rings is 2. The molecule has 4 rings (SSSR count). The summed E-state index contributed by atoms with van der Waals surface area (Å²) in [6, 6.07) is 17.0. The zero-order valence-electron chi connectivity index (χ0n) is 15.5. The number of carbonyl (C=O) groups excluding carboxylic acids is 1. The Morgan fingerprint density at radius 3 is 2.23 bits per heavy atom. The Bertz CT molecular complexity index is 745. The first-order valence-electron chi connectivity index (χ1n) is 9.97. The van der Waals surface area contributed by atoms with E-state index < -0.39 is 0 Å². The van der Waals surface area contributed by atoms with E-state index in [-0.39, 0.29) is 5.91 Å². The molecule has 136 valence electrons. The van der Waals surface area contributed by atoms with Gasteiger partial charge >= 0.3 is 0 Å². The topological polar surface area (TPSA) is 23.6 Å². The number of likely N-dealkylation sites (tertiary alicyclic amines) is 1. The number of hydrogen-bond acceptors (Lipinski definition) is 2. The summed E-state index contributed by atoms with van der Waals surface area (Å²) in [6.07, 6.45) is 5.91. The maximum atomic E-state index is 12.7. The molecule has 2 aromatic rings. The molecule has 0 bridgehead atoms. The van der Waals surface area contributed by atoms with Gasteiger partial charge in [-0.05, 0) is 48.1 Å². The zero-order chi connectivity index (χ0) is 17.8. The number of carbonyl (C=O) groups is 1. The van der Waals surface area contributed by atoms with Crippen molar-refractivity contribution in [1.82, 2.24) is 9.80 Å². The molecule has 2 aliphatic rings. The number of fused-ring (bicyclic) bond motifs is 1. The van der Waals surface area contributed by atoms with E-state index in [4.69, 9.17) is 0 Å². The molecule has 26 heavy (non-hydrogen) atoms. The van der Waals surface area contributed by atoms with Crippen molar-refractivity contribution in [1.29, 1.82) is 0 Å². The average molecular weight is 348 g/mol. The van der Waals surface area contributed by atoms with Crippen LogP contribution in [0, 0.1) is 0 Å². The lowest BCUT2D eigenvalue weighted by atomic mass is 9.99. The number of nitrogens with zero attached hydrogens (tertiary/aromatic N) is 2. The molecule has 3 heteroatoms. The first-order chi connectivity index (χ1) is 12.8. The first-order valence-corrected chi connectivity index (χ1v) is 9.97. The van der Waals surface area contributed by atoms with Crippen LogP contribution in [0.5, 0.6) is 0 Å². The van der Waals surface area contributed by atoms with Crippen molar-refractivity contribution in [3.8, 4) is 0 Å². The molecule has 1 amide bonds. The molecular formula is C23H28N2O. The van der Waals surface area contributed by atoms with E-state index in [1.165, 1.54) is 29.5 Å². The Hall–Kier alpha value is -2.13. The van der Waals surface area contributed by atoms with Gasteiger partial charge in [0.15, 0.2) is 0 Å². The Morgan fingerprint density at radius 1 is 0.808 bits per heavy atom. The van der Waals surface area contributed by atoms with Gasteiger partial charge in [-0.15, -0.1) is 0 Å². The van der Waals surface area contributed by atoms with Crippen LogP contribution in [-0.2, 0) is 19.5 Å². The van der Waals surface area contributed by atoms with Crippen LogP contribution >= 0.6 is 0 Å². The van der Waals surface area contributed by atoms with E-state index in [0.29, 0.717) is 0 Å². The normalized spacial score (nSPS) is 18.2. The second kappa shape index (κ2) is 8.05. The van der Waals surface area contributed by atoms with E-state index in [2.05, 4.69) is 41.3 Å². The van der Waals surface area contributed by atoms with E-state index in [1.807, 2.05) is 17.0 Å². The third-order valence-electron chi connectivity index (χ3n) is 5.71. The van der Waals surface area contributed by atoms with Crippen molar-refractivity contribution >= 4 is 5.91 Å². The van der Waals surface area contributed by atoms with Gasteiger partial charge in [-0.2, -0.15) is 0 Å². The lowest BCUT2D eigenvalue weighted by Gasteiger charge is -2.28. The standard InChI is InChI=1S/C23H28N2O/c26-23(25-14-5-1-2-6-15-25)21-11-9-19(10-12-21)17-24-16-13-20-7-3-4-8-22(20)18-24/h3-4,7-12H,1-2,5-6,13-18H2. The fraction of sp³-hybridized carbons (Fsp3) is 0.435. The van der Waals surface area contributed by atoms with E-state index >= 15 is 0 Å². The predicted octanol–water partition coefficient (Wildman–Crippen LogP) is 4.26. The van der Waals surface area contributed by atoms with Crippen LogP contribution in [0.4, 0.5) is 0 Å². The van der Waals surface area contributed by atoms with Gasteiger partial charge in [-0.25, -0.2) is 0 Å². The van der Waals surface area contributed by atoms with Crippen molar-refractivity contribution in [2.75, 3.05) is 19.6 Å². The molecule has 2 aromatic carbocycles. The minimum Gasteiger partial charge on any atom is -0.339 e. The molecule has 2 aliphatic heterocycles. The van der Waals surface area contributed by atoms with Crippen molar-refractivity contribution in [3.63, 3.8) is 0 Å². The molecule has 3 nitrogen and oxygen atoms in total. The number of hydrogen-bond donors (Lipinski definition) is 0. The molecule has 1 saturated heterocycles. The Morgan fingerprint density at radius 2 is 1.50 bits per heavy atom. The summed E-state index contributed by atoms with van der Waals surface area (Å²) in [5.41, 5.74) is 5.06. The van der Waals surface area contributed by atoms with Crippen LogP contribution in [-0.4, -0.2) is 35.3 Å². The van der Waals surface area contributed by atoms with Gasteiger partial charge in [-0.3, -0.25) is 9.69 Å². The van der Waals surface area contributed by atoms with Gasteiger partial charge < -0.3 is 4.90 Å². The highest BCUT2D eigenvalue weighted by atomic mass is 16.2. The summed E-state index contributed by atoms with van der Waals surface area (Å²) < 4.78 is 0. The van der Waals surface area contributed by atoms with E-state index in [0.717, 1.165) is 57.5 Å². The minimum atomic E-state index is 0.199. The second-order valence-corrected chi connectivity index (χ2v) is 7.63. The van der Waals surface area contributed by atoms with Gasteiger partial charge in [0.2, 0.25) is 0 Å². The highest BCUT2D eigenvalue weighted by Gasteiger charge is 2.18. The molecular weight excluding hydrogens is 320 g/mol. The maximum absolute atomic E-state index is 12.7. The van der Waals surface area contributed by atoms with E-state index in [9.17, 15) is 4.79 Å². The predicted molar refractivity (Wildman–Crippen MR) is 105 cm³/mol. The Kier molecular flexibility index (Phi) is 5.35. The Labute approximate surface area is 156 Å². The van der Waals surface area contributed by atoms with Gasteiger partial charge in [0.25, 0.3) is 5.91 Å². The van der Waals surface area contributed by atoms with Crippen LogP contribution in [0.1, 0.15) is 52.7 Å². The fourth-order valence-corrected chi connectivity index (χ4v) is 4.16. The summed E-state index contributed by atoms with van der Waals surface area (Å²) in [6.45, 7) is 4.89. The van der Waals surface area contributed by atoms with Crippen LogP contribution in [0.25, 0.3) is 0 Å². The summed E-state index contributed by atoms with van der Waals surface area (Å²) in [5.74, 6) is 0.199. The molecule has 0 spiro atoms. The fourth-order valence-electron chi connectivity index (χ4n) is 4.16. The van der Waals surface area contributed by atoms with Crippen LogP contribution in [0.2, 0.25) is 0 Å². The summed E-state index contributed by atoms with van der Waals surface area (Å²) >= 11 is 0. The van der Waals surface area contributed by atoms with Crippen molar-refractivity contribution in [2.24, 2.45) is 0 Å². The average Bonchev–Trinajstić information content (AvgIpc) is 2.97. The molecule has 0 radical (unpaired) electrons. The largest absolute Gasteiger partial charge is 0.339 e. The van der Waals surface area contributed by atoms with Gasteiger partial charge in [0, 0.05) is 38.3 Å². The highest BCUT2D eigenvalue weighted by Crippen LogP contribution is 2.21. The number of amides is 1. The van der Waals surface area contributed by atoms with Gasteiger partial charge in [0.05, 0.1) is 0 Å². The van der Waals surface area contributed by atoms with E-state index in [1.54, 1.807) is 0 Å². The van der Waals surface area contributed by atoms with Crippen molar-refractivity contribution in [2.45, 2.75) is 45.2 Å². The second-order valence-electron chi connectivity index (χ2n) is 7.63. The molecule has 0 saturated carbocycles. The number of rotatable bonds is 3. The van der Waals surface area contributed by atoms with Gasteiger partial charge in [-0.1, -0.05) is 49.2 Å². The zero-order valence-corrected chi connectivity index (χ0v) is 15.5. The highest BCUT2D eigenvalue weighted by molar-refractivity contribution is 5.94. The first kappa shape index (κ1) is 17.3. The van der Waals surface area contributed by atoms with Crippen LogP contribution < -0.4 is 0 Å². The molecule has 2 heterocycles. The Balaban J connectivity index is 1.38. The monoisotopic (exact) mass is 348 g/mol. The maximum Gasteiger partial charge on any atom is 0.253 e. The van der Waals surface area contributed by atoms with Crippen LogP contribution in [0.15, 0.2) is 48.5 Å². The molecule has 0 N–H and O–H groups in total. The quantitative estimate of drug-likeness (QED) is 0.827. The smallest absolute Gasteiger partial charge is 0.253 e. The molecule has 0 unspecified atom stereocenters. The summed E-state index contributed by atoms with van der Waals surface area (Å²) in [4.78, 5) is 17.2. The molecule has 1 fully saturated rings. The SMILES string of the molecule is O=C(c1ccc(CN2CCc3ccccc3C2)cc1)N1CCCCCC1. The summed E-state index contributed by atoms with van der Waals surface area (Å²) in [7, 11) is 0. The van der Waals surface area contributed by atoms with Crippen molar-refractivity contribution in [3.05, 3.63) is 70.8 Å². The summed E-state index contributed by atoms with van der Waals surface area (Å²) in [5, 5.41) is 0. The third-order valence-corrected chi connectivity index (χ3v) is 5.71. The van der Waals surface area contributed by atoms with Crippen LogP contribution in [0.3, 0.4) is 0 Å². The molecule has 0 atom stereocenters. The molecule has 0 aliphatic carbocycles. The molecule has 0 aromatic heterocycles. The minimum absolute atomic E-state index is 0.199. The lowest BCUT2D eigenvalue weighted by molar-refractivity contribution is 0.0761. The third kappa shape index (κ3) is 3.99. The van der Waals surface area contributed by atoms with Crippen molar-refractivity contribution < 1.29 is 4.79 Å². The van der Waals surface area contributed by atoms with Gasteiger partial charge in [0.1, 0.15) is 0 Å².